The highest BCUT2D eigenvalue weighted by atomic mass is 16.5. The second-order valence-electron chi connectivity index (χ2n) is 4.59. The third kappa shape index (κ3) is 3.12. The fraction of sp³-hybridized carbons (Fsp3) is 0.467. The molecule has 0 fully saturated rings. The van der Waals surface area contributed by atoms with E-state index in [1.165, 1.54) is 16.6 Å². The van der Waals surface area contributed by atoms with Crippen molar-refractivity contribution in [1.82, 2.24) is 9.88 Å². The molecule has 3 heteroatoms. The molecular formula is C15H22N2O. The van der Waals surface area contributed by atoms with Gasteiger partial charge in [-0.2, -0.15) is 0 Å². The van der Waals surface area contributed by atoms with Gasteiger partial charge in [-0.3, -0.25) is 0 Å². The summed E-state index contributed by atoms with van der Waals surface area (Å²) in [6.07, 6.45) is 1.07. The first kappa shape index (κ1) is 13.1. The summed E-state index contributed by atoms with van der Waals surface area (Å²) < 4.78 is 7.40. The number of aromatic nitrogens is 1. The third-order valence-corrected chi connectivity index (χ3v) is 3.23. The van der Waals surface area contributed by atoms with Gasteiger partial charge < -0.3 is 14.6 Å². The minimum Gasteiger partial charge on any atom is -0.385 e. The Bertz CT molecular complexity index is 490. The Kier molecular flexibility index (Phi) is 4.79. The monoisotopic (exact) mass is 246 g/mol. The zero-order valence-corrected chi connectivity index (χ0v) is 11.3. The van der Waals surface area contributed by atoms with Crippen molar-refractivity contribution in [2.45, 2.75) is 19.9 Å². The number of ether oxygens (including phenoxy) is 1. The van der Waals surface area contributed by atoms with E-state index < -0.39 is 0 Å². The number of nitrogens with one attached hydrogen (secondary N) is 1. The molecule has 1 aromatic heterocycles. The Morgan fingerprint density at radius 3 is 2.89 bits per heavy atom. The maximum Gasteiger partial charge on any atom is 0.0482 e. The van der Waals surface area contributed by atoms with Crippen LogP contribution >= 0.6 is 0 Å². The fourth-order valence-electron chi connectivity index (χ4n) is 2.30. The molecular weight excluding hydrogens is 224 g/mol. The molecule has 0 spiro atoms. The number of nitrogens with zero attached hydrogens (tertiary/aromatic N) is 1. The van der Waals surface area contributed by atoms with Crippen LogP contribution in [0.2, 0.25) is 0 Å². The van der Waals surface area contributed by atoms with Crippen LogP contribution in [-0.4, -0.2) is 31.4 Å². The Morgan fingerprint density at radius 2 is 2.06 bits per heavy atom. The van der Waals surface area contributed by atoms with E-state index in [4.69, 9.17) is 4.74 Å². The van der Waals surface area contributed by atoms with Crippen molar-refractivity contribution < 1.29 is 4.74 Å². The first-order valence-corrected chi connectivity index (χ1v) is 6.57. The zero-order chi connectivity index (χ0) is 12.8. The number of aryl methyl sites for hydroxylation is 1. The molecule has 2 aromatic rings. The number of benzene rings is 1. The summed E-state index contributed by atoms with van der Waals surface area (Å²) in [6, 6.07) is 10.8. The molecule has 1 aromatic carbocycles. The largest absolute Gasteiger partial charge is 0.385 e. The molecule has 18 heavy (non-hydrogen) atoms. The number of rotatable bonds is 7. The van der Waals surface area contributed by atoms with Gasteiger partial charge in [0.05, 0.1) is 0 Å². The van der Waals surface area contributed by atoms with Gasteiger partial charge in [0, 0.05) is 38.0 Å². The van der Waals surface area contributed by atoms with Crippen LogP contribution < -0.4 is 5.32 Å². The van der Waals surface area contributed by atoms with Gasteiger partial charge in [0.2, 0.25) is 0 Å². The zero-order valence-electron chi connectivity index (χ0n) is 11.3. The molecule has 1 heterocycles. The molecule has 2 rings (SSSR count). The molecule has 0 radical (unpaired) electrons. The number of hydrogen-bond acceptors (Lipinski definition) is 2. The molecule has 0 aliphatic heterocycles. The predicted octanol–water partition coefficient (Wildman–Crippen LogP) is 2.58. The summed E-state index contributed by atoms with van der Waals surface area (Å²) in [4.78, 5) is 0. The Morgan fingerprint density at radius 1 is 1.22 bits per heavy atom. The Balaban J connectivity index is 1.89. The maximum absolute atomic E-state index is 5.03. The van der Waals surface area contributed by atoms with Gasteiger partial charge in [0.15, 0.2) is 0 Å². The van der Waals surface area contributed by atoms with Crippen LogP contribution in [0, 0.1) is 6.92 Å². The van der Waals surface area contributed by atoms with Gasteiger partial charge in [-0.25, -0.2) is 0 Å². The molecule has 0 saturated carbocycles. The summed E-state index contributed by atoms with van der Waals surface area (Å²) in [6.45, 7) is 6.05. The standard InChI is InChI=1S/C15H22N2O/c1-13-12-14-6-3-4-7-15(14)17(13)10-9-16-8-5-11-18-2/h3-4,6-7,12,16H,5,8-11H2,1-2H3. The van der Waals surface area contributed by atoms with Crippen molar-refractivity contribution in [3.63, 3.8) is 0 Å². The van der Waals surface area contributed by atoms with Gasteiger partial charge in [-0.05, 0) is 37.4 Å². The summed E-state index contributed by atoms with van der Waals surface area (Å²) in [5.74, 6) is 0. The smallest absolute Gasteiger partial charge is 0.0482 e. The van der Waals surface area contributed by atoms with Gasteiger partial charge >= 0.3 is 0 Å². The highest BCUT2D eigenvalue weighted by Crippen LogP contribution is 2.18. The van der Waals surface area contributed by atoms with E-state index in [1.54, 1.807) is 7.11 Å². The lowest BCUT2D eigenvalue weighted by molar-refractivity contribution is 0.194. The van der Waals surface area contributed by atoms with E-state index >= 15 is 0 Å². The van der Waals surface area contributed by atoms with E-state index in [0.29, 0.717) is 0 Å². The number of hydrogen-bond donors (Lipinski definition) is 1. The Hall–Kier alpha value is -1.32. The van der Waals surface area contributed by atoms with Crippen LogP contribution in [0.4, 0.5) is 0 Å². The highest BCUT2D eigenvalue weighted by Gasteiger charge is 2.03. The molecule has 1 N–H and O–H groups in total. The molecule has 98 valence electrons. The van der Waals surface area contributed by atoms with E-state index in [2.05, 4.69) is 47.1 Å². The van der Waals surface area contributed by atoms with Gasteiger partial charge in [0.1, 0.15) is 0 Å². The van der Waals surface area contributed by atoms with Crippen molar-refractivity contribution in [3.8, 4) is 0 Å². The molecule has 0 atom stereocenters. The topological polar surface area (TPSA) is 26.2 Å². The van der Waals surface area contributed by atoms with Crippen LogP contribution in [0.1, 0.15) is 12.1 Å². The lowest BCUT2D eigenvalue weighted by atomic mass is 10.2. The molecule has 0 bridgehead atoms. The van der Waals surface area contributed by atoms with Crippen molar-refractivity contribution >= 4 is 10.9 Å². The van der Waals surface area contributed by atoms with Crippen molar-refractivity contribution in [2.75, 3.05) is 26.8 Å². The highest BCUT2D eigenvalue weighted by molar-refractivity contribution is 5.81. The van der Waals surface area contributed by atoms with Crippen LogP contribution in [0.3, 0.4) is 0 Å². The molecule has 0 saturated heterocycles. The first-order chi connectivity index (χ1) is 8.83. The van der Waals surface area contributed by atoms with E-state index in [0.717, 1.165) is 32.7 Å². The number of fused-ring (bicyclic) bond motifs is 1. The minimum atomic E-state index is 0.832. The third-order valence-electron chi connectivity index (χ3n) is 3.23. The SMILES string of the molecule is COCCCNCCn1c(C)cc2ccccc21. The van der Waals surface area contributed by atoms with Gasteiger partial charge in [0.25, 0.3) is 0 Å². The van der Waals surface area contributed by atoms with Crippen LogP contribution in [0.25, 0.3) is 10.9 Å². The summed E-state index contributed by atoms with van der Waals surface area (Å²) >= 11 is 0. The Labute approximate surface area is 109 Å². The quantitative estimate of drug-likeness (QED) is 0.760. The average molecular weight is 246 g/mol. The first-order valence-electron chi connectivity index (χ1n) is 6.57. The second kappa shape index (κ2) is 6.57. The van der Waals surface area contributed by atoms with Crippen molar-refractivity contribution in [2.24, 2.45) is 0 Å². The van der Waals surface area contributed by atoms with Gasteiger partial charge in [-0.15, -0.1) is 0 Å². The molecule has 0 amide bonds. The normalized spacial score (nSPS) is 11.2. The van der Waals surface area contributed by atoms with E-state index in [9.17, 15) is 0 Å². The second-order valence-corrected chi connectivity index (χ2v) is 4.59. The summed E-state index contributed by atoms with van der Waals surface area (Å²) in [7, 11) is 1.75. The number of methoxy groups -OCH3 is 1. The van der Waals surface area contributed by atoms with E-state index in [-0.39, 0.29) is 0 Å². The maximum atomic E-state index is 5.03. The lowest BCUT2D eigenvalue weighted by Gasteiger charge is -2.09. The molecule has 0 aliphatic rings. The summed E-state index contributed by atoms with van der Waals surface area (Å²) in [5.41, 5.74) is 2.66. The molecule has 3 nitrogen and oxygen atoms in total. The minimum absolute atomic E-state index is 0.832. The lowest BCUT2D eigenvalue weighted by Crippen LogP contribution is -2.22. The summed E-state index contributed by atoms with van der Waals surface area (Å²) in [5, 5.41) is 4.78. The average Bonchev–Trinajstić information content (AvgIpc) is 2.70. The molecule has 0 unspecified atom stereocenters. The van der Waals surface area contributed by atoms with Crippen molar-refractivity contribution in [3.05, 3.63) is 36.0 Å². The van der Waals surface area contributed by atoms with Crippen LogP contribution in [0.5, 0.6) is 0 Å². The molecule has 0 aliphatic carbocycles. The van der Waals surface area contributed by atoms with E-state index in [1.807, 2.05) is 0 Å². The van der Waals surface area contributed by atoms with Crippen LogP contribution in [-0.2, 0) is 11.3 Å². The van der Waals surface area contributed by atoms with Crippen molar-refractivity contribution in [1.29, 1.82) is 0 Å². The van der Waals surface area contributed by atoms with Crippen LogP contribution in [0.15, 0.2) is 30.3 Å². The predicted molar refractivity (Wildman–Crippen MR) is 76.0 cm³/mol. The van der Waals surface area contributed by atoms with Gasteiger partial charge in [-0.1, -0.05) is 18.2 Å². The number of para-hydroxylation sites is 1. The fourth-order valence-corrected chi connectivity index (χ4v) is 2.30.